The third kappa shape index (κ3) is 4.59. The Morgan fingerprint density at radius 1 is 1.30 bits per heavy atom. The van der Waals surface area contributed by atoms with Crippen molar-refractivity contribution in [1.82, 2.24) is 9.88 Å². The molecule has 0 spiro atoms. The van der Waals surface area contributed by atoms with E-state index in [9.17, 15) is 22.8 Å². The standard InChI is InChI=1S/C20H21F3N4O2S/c1-19(2)18(17(29)11-28)27(12-26(19)10-13-7-8-25-9-16(13)24)14-3-5-15(6-4-14)30-20(21,22)23/h3-9,11,18H,10,12,24H2,1-2H3. The summed E-state index contributed by atoms with van der Waals surface area (Å²) in [6, 6.07) is 6.75. The summed E-state index contributed by atoms with van der Waals surface area (Å²) in [5.41, 5.74) is 2.79. The number of benzene rings is 1. The van der Waals surface area contributed by atoms with Gasteiger partial charge in [-0.25, -0.2) is 0 Å². The molecule has 3 rings (SSSR count). The first-order valence-corrected chi connectivity index (χ1v) is 9.89. The van der Waals surface area contributed by atoms with Crippen LogP contribution >= 0.6 is 11.8 Å². The molecular weight excluding hydrogens is 417 g/mol. The molecule has 0 bridgehead atoms. The van der Waals surface area contributed by atoms with Gasteiger partial charge in [0.2, 0.25) is 5.78 Å². The number of nitrogen functional groups attached to an aromatic ring is 1. The maximum Gasteiger partial charge on any atom is 0.446 e. The lowest BCUT2D eigenvalue weighted by Crippen LogP contribution is -2.51. The molecule has 160 valence electrons. The van der Waals surface area contributed by atoms with Crippen molar-refractivity contribution in [3.63, 3.8) is 0 Å². The molecule has 1 atom stereocenters. The number of halogens is 3. The topological polar surface area (TPSA) is 79.5 Å². The Morgan fingerprint density at radius 3 is 2.53 bits per heavy atom. The number of nitrogens with two attached hydrogens (primary N) is 1. The van der Waals surface area contributed by atoms with Gasteiger partial charge in [-0.05, 0) is 61.5 Å². The highest BCUT2D eigenvalue weighted by Crippen LogP contribution is 2.40. The lowest BCUT2D eigenvalue weighted by atomic mass is 9.90. The summed E-state index contributed by atoms with van der Waals surface area (Å²) in [4.78, 5) is 31.6. The maximum absolute atomic E-state index is 12.6. The lowest BCUT2D eigenvalue weighted by Gasteiger charge is -2.34. The van der Waals surface area contributed by atoms with Gasteiger partial charge in [-0.3, -0.25) is 19.5 Å². The Balaban J connectivity index is 1.91. The van der Waals surface area contributed by atoms with Crippen molar-refractivity contribution in [3.8, 4) is 0 Å². The number of carbonyl (C=O) groups is 2. The fourth-order valence-corrected chi connectivity index (χ4v) is 4.22. The molecule has 1 saturated heterocycles. The van der Waals surface area contributed by atoms with Crippen molar-refractivity contribution in [2.24, 2.45) is 0 Å². The van der Waals surface area contributed by atoms with E-state index in [2.05, 4.69) is 4.98 Å². The number of rotatable bonds is 6. The second-order valence-corrected chi connectivity index (χ2v) is 8.64. The third-order valence-corrected chi connectivity index (χ3v) is 5.95. The van der Waals surface area contributed by atoms with E-state index in [0.717, 1.165) is 5.56 Å². The second-order valence-electron chi connectivity index (χ2n) is 7.50. The number of aromatic nitrogens is 1. The summed E-state index contributed by atoms with van der Waals surface area (Å²) in [7, 11) is 0. The first kappa shape index (κ1) is 22.1. The van der Waals surface area contributed by atoms with Crippen LogP contribution in [0.4, 0.5) is 24.5 Å². The number of anilines is 2. The summed E-state index contributed by atoms with van der Waals surface area (Å²) in [6.07, 6.45) is 3.45. The van der Waals surface area contributed by atoms with E-state index < -0.39 is 22.9 Å². The Hall–Kier alpha value is -2.59. The summed E-state index contributed by atoms with van der Waals surface area (Å²) in [5, 5.41) is 0. The zero-order chi connectivity index (χ0) is 22.1. The van der Waals surface area contributed by atoms with Crippen molar-refractivity contribution in [3.05, 3.63) is 48.3 Å². The number of ketones is 1. The van der Waals surface area contributed by atoms with Crippen molar-refractivity contribution in [2.45, 2.75) is 42.4 Å². The van der Waals surface area contributed by atoms with Crippen LogP contribution in [0.15, 0.2) is 47.6 Å². The van der Waals surface area contributed by atoms with Gasteiger partial charge in [-0.15, -0.1) is 0 Å². The SMILES string of the molecule is CC1(C)C(C(=O)C=O)N(c2ccc(SC(F)(F)F)cc2)CN1Cc1ccncc1N. The smallest absolute Gasteiger partial charge is 0.397 e. The van der Waals surface area contributed by atoms with Gasteiger partial charge < -0.3 is 10.6 Å². The number of thioether (sulfide) groups is 1. The number of pyridine rings is 1. The molecule has 1 aliphatic heterocycles. The van der Waals surface area contributed by atoms with Crippen LogP contribution in [-0.2, 0) is 16.1 Å². The zero-order valence-electron chi connectivity index (χ0n) is 16.4. The highest BCUT2D eigenvalue weighted by atomic mass is 32.2. The predicted octanol–water partition coefficient (Wildman–Crippen LogP) is 3.47. The van der Waals surface area contributed by atoms with Crippen molar-refractivity contribution < 1.29 is 22.8 Å². The number of Topliss-reactive ketones (excluding diaryl/α,β-unsaturated/α-hetero) is 1. The lowest BCUT2D eigenvalue weighted by molar-refractivity contribution is -0.131. The van der Waals surface area contributed by atoms with Crippen LogP contribution in [0.2, 0.25) is 0 Å². The van der Waals surface area contributed by atoms with Crippen LogP contribution in [-0.4, -0.2) is 45.7 Å². The van der Waals surface area contributed by atoms with Gasteiger partial charge in [0.05, 0.1) is 18.6 Å². The van der Waals surface area contributed by atoms with E-state index in [1.165, 1.54) is 24.3 Å². The molecule has 1 unspecified atom stereocenters. The second kappa shape index (κ2) is 8.27. The van der Waals surface area contributed by atoms with E-state index >= 15 is 0 Å². The average molecular weight is 438 g/mol. The molecule has 1 fully saturated rings. The minimum Gasteiger partial charge on any atom is -0.397 e. The molecule has 2 aromatic rings. The largest absolute Gasteiger partial charge is 0.446 e. The molecule has 0 amide bonds. The monoisotopic (exact) mass is 438 g/mol. The minimum atomic E-state index is -4.38. The van der Waals surface area contributed by atoms with Crippen molar-refractivity contribution >= 4 is 35.2 Å². The van der Waals surface area contributed by atoms with Crippen LogP contribution in [0.3, 0.4) is 0 Å². The molecule has 30 heavy (non-hydrogen) atoms. The van der Waals surface area contributed by atoms with Crippen LogP contribution in [0.25, 0.3) is 0 Å². The normalized spacial score (nSPS) is 19.1. The molecule has 6 nitrogen and oxygen atoms in total. The van der Waals surface area contributed by atoms with Gasteiger partial charge in [0.25, 0.3) is 0 Å². The molecule has 2 heterocycles. The van der Waals surface area contributed by atoms with Gasteiger partial charge in [0.15, 0.2) is 6.29 Å². The summed E-state index contributed by atoms with van der Waals surface area (Å²) in [6.45, 7) is 4.42. The Kier molecular flexibility index (Phi) is 6.09. The average Bonchev–Trinajstić information content (AvgIpc) is 2.93. The number of nitrogens with zero attached hydrogens (tertiary/aromatic N) is 3. The van der Waals surface area contributed by atoms with E-state index in [1.807, 2.05) is 18.7 Å². The van der Waals surface area contributed by atoms with Gasteiger partial charge in [0.1, 0.15) is 6.04 Å². The van der Waals surface area contributed by atoms with Crippen LogP contribution in [0.1, 0.15) is 19.4 Å². The summed E-state index contributed by atoms with van der Waals surface area (Å²) in [5.74, 6) is -0.598. The molecule has 10 heteroatoms. The highest BCUT2D eigenvalue weighted by Gasteiger charge is 2.50. The molecule has 2 N–H and O–H groups in total. The maximum atomic E-state index is 12.6. The van der Waals surface area contributed by atoms with E-state index in [1.54, 1.807) is 23.4 Å². The third-order valence-electron chi connectivity index (χ3n) is 5.21. The first-order chi connectivity index (χ1) is 14.0. The van der Waals surface area contributed by atoms with Crippen LogP contribution < -0.4 is 10.6 Å². The van der Waals surface area contributed by atoms with E-state index in [-0.39, 0.29) is 22.9 Å². The Labute approximate surface area is 176 Å². The van der Waals surface area contributed by atoms with Gasteiger partial charge in [0, 0.05) is 28.9 Å². The first-order valence-electron chi connectivity index (χ1n) is 9.08. The van der Waals surface area contributed by atoms with Gasteiger partial charge in [-0.2, -0.15) is 13.2 Å². The number of hydrogen-bond donors (Lipinski definition) is 1. The van der Waals surface area contributed by atoms with Gasteiger partial charge >= 0.3 is 5.51 Å². The summed E-state index contributed by atoms with van der Waals surface area (Å²) < 4.78 is 37.8. The molecular formula is C20H21F3N4O2S. The predicted molar refractivity (Wildman–Crippen MR) is 109 cm³/mol. The van der Waals surface area contributed by atoms with E-state index in [4.69, 9.17) is 5.73 Å². The fourth-order valence-electron chi connectivity index (χ4n) is 3.68. The molecule has 1 aromatic carbocycles. The molecule has 1 aromatic heterocycles. The number of hydrogen-bond acceptors (Lipinski definition) is 7. The molecule has 0 saturated carbocycles. The number of aldehydes is 1. The van der Waals surface area contributed by atoms with Crippen molar-refractivity contribution in [2.75, 3.05) is 17.3 Å². The van der Waals surface area contributed by atoms with Crippen LogP contribution in [0, 0.1) is 0 Å². The van der Waals surface area contributed by atoms with Crippen molar-refractivity contribution in [1.29, 1.82) is 0 Å². The minimum absolute atomic E-state index is 0.0457. The van der Waals surface area contributed by atoms with E-state index in [0.29, 0.717) is 24.6 Å². The number of carbonyl (C=O) groups excluding carboxylic acids is 2. The number of alkyl halides is 3. The Morgan fingerprint density at radius 2 is 1.97 bits per heavy atom. The van der Waals surface area contributed by atoms with Crippen LogP contribution in [0.5, 0.6) is 0 Å². The molecule has 1 aliphatic rings. The Bertz CT molecular complexity index is 934. The molecule has 0 aliphatic carbocycles. The van der Waals surface area contributed by atoms with Gasteiger partial charge in [-0.1, -0.05) is 0 Å². The zero-order valence-corrected chi connectivity index (χ0v) is 17.2. The molecule has 0 radical (unpaired) electrons. The highest BCUT2D eigenvalue weighted by molar-refractivity contribution is 8.00. The summed E-state index contributed by atoms with van der Waals surface area (Å²) >= 11 is -0.205. The quantitative estimate of drug-likeness (QED) is 0.420. The fraction of sp³-hybridized carbons (Fsp3) is 0.350.